The molecule has 0 unspecified atom stereocenters. The number of amides is 1. The fourth-order valence-corrected chi connectivity index (χ4v) is 2.61. The molecule has 0 radical (unpaired) electrons. The van der Waals surface area contributed by atoms with Crippen molar-refractivity contribution in [2.45, 2.75) is 19.9 Å². The molecular weight excluding hydrogens is 359 g/mol. The fraction of sp³-hybridized carbons (Fsp3) is 0.200. The first-order chi connectivity index (χ1) is 13.5. The third-order valence-electron chi connectivity index (χ3n) is 3.98. The van der Waals surface area contributed by atoms with Crippen LogP contribution in [0.25, 0.3) is 0 Å². The van der Waals surface area contributed by atoms with Crippen LogP contribution in [0.15, 0.2) is 55.0 Å². The van der Waals surface area contributed by atoms with E-state index in [0.29, 0.717) is 29.6 Å². The number of carbonyl (C=O) groups is 1. The Bertz CT molecular complexity index is 933. The maximum absolute atomic E-state index is 13.2. The molecule has 0 aliphatic carbocycles. The molecule has 0 saturated heterocycles. The highest BCUT2D eigenvalue weighted by molar-refractivity contribution is 5.95. The second-order valence-electron chi connectivity index (χ2n) is 6.12. The van der Waals surface area contributed by atoms with E-state index < -0.39 is 0 Å². The van der Waals surface area contributed by atoms with Crippen LogP contribution in [-0.2, 0) is 0 Å². The zero-order valence-electron chi connectivity index (χ0n) is 15.6. The number of nitrogens with zero attached hydrogens (tertiary/aromatic N) is 3. The van der Waals surface area contributed by atoms with Crippen LogP contribution in [0.2, 0.25) is 0 Å². The summed E-state index contributed by atoms with van der Waals surface area (Å²) in [5.41, 5.74) is 1.35. The highest BCUT2D eigenvalue weighted by Crippen LogP contribution is 2.22. The number of aromatic nitrogens is 3. The van der Waals surface area contributed by atoms with E-state index >= 15 is 0 Å². The molecule has 0 aliphatic heterocycles. The Hall–Kier alpha value is -3.55. The third kappa shape index (κ3) is 5.00. The zero-order chi connectivity index (χ0) is 19.9. The molecule has 7 nitrogen and oxygen atoms in total. The molecule has 2 heterocycles. The molecule has 1 aromatic carbocycles. The standard InChI is InChI=1S/C20H21FN6O/c1-3-23-20(28)15-10-17(25-13(2)14-4-6-16(21)7-5-14)26-18(11-15)27-19-12-22-8-9-24-19/h4-13H,3H2,1-2H3,(H,23,28)(H2,24,25,26,27)/t13-/m0/s1. The lowest BCUT2D eigenvalue weighted by Crippen LogP contribution is -2.23. The van der Waals surface area contributed by atoms with E-state index in [9.17, 15) is 9.18 Å². The van der Waals surface area contributed by atoms with Gasteiger partial charge < -0.3 is 16.0 Å². The summed E-state index contributed by atoms with van der Waals surface area (Å²) in [6.07, 6.45) is 4.70. The van der Waals surface area contributed by atoms with Crippen LogP contribution in [-0.4, -0.2) is 27.4 Å². The molecular formula is C20H21FN6O. The summed E-state index contributed by atoms with van der Waals surface area (Å²) in [6.45, 7) is 4.31. The molecule has 3 aromatic rings. The average Bonchev–Trinajstić information content (AvgIpc) is 2.69. The SMILES string of the molecule is CCNC(=O)c1cc(Nc2cnccn2)nc(N[C@@H](C)c2ccc(F)cc2)c1. The van der Waals surface area contributed by atoms with Gasteiger partial charge in [0.15, 0.2) is 0 Å². The lowest BCUT2D eigenvalue weighted by molar-refractivity contribution is 0.0956. The molecule has 0 fully saturated rings. The van der Waals surface area contributed by atoms with Crippen molar-refractivity contribution in [3.05, 3.63) is 71.9 Å². The van der Waals surface area contributed by atoms with Crippen molar-refractivity contribution in [2.24, 2.45) is 0 Å². The van der Waals surface area contributed by atoms with Crippen LogP contribution in [0.3, 0.4) is 0 Å². The van der Waals surface area contributed by atoms with Gasteiger partial charge >= 0.3 is 0 Å². The van der Waals surface area contributed by atoms with Crippen molar-refractivity contribution >= 4 is 23.4 Å². The van der Waals surface area contributed by atoms with Crippen molar-refractivity contribution in [1.82, 2.24) is 20.3 Å². The third-order valence-corrected chi connectivity index (χ3v) is 3.98. The highest BCUT2D eigenvalue weighted by Gasteiger charge is 2.13. The minimum absolute atomic E-state index is 0.137. The Morgan fingerprint density at radius 3 is 2.54 bits per heavy atom. The normalized spacial score (nSPS) is 11.5. The van der Waals surface area contributed by atoms with Crippen LogP contribution in [0.5, 0.6) is 0 Å². The minimum atomic E-state index is -0.289. The van der Waals surface area contributed by atoms with Gasteiger partial charge in [-0.2, -0.15) is 0 Å². The van der Waals surface area contributed by atoms with Gasteiger partial charge in [0.05, 0.1) is 6.20 Å². The lowest BCUT2D eigenvalue weighted by atomic mass is 10.1. The van der Waals surface area contributed by atoms with Gasteiger partial charge in [-0.3, -0.25) is 9.78 Å². The molecule has 3 rings (SSSR count). The summed E-state index contributed by atoms with van der Waals surface area (Å²) < 4.78 is 13.2. The smallest absolute Gasteiger partial charge is 0.251 e. The summed E-state index contributed by atoms with van der Waals surface area (Å²) in [5, 5.41) is 9.08. The van der Waals surface area contributed by atoms with Crippen LogP contribution in [0.1, 0.15) is 35.8 Å². The lowest BCUT2D eigenvalue weighted by Gasteiger charge is -2.17. The second kappa shape index (κ2) is 8.90. The number of hydrogen-bond donors (Lipinski definition) is 3. The van der Waals surface area contributed by atoms with Crippen LogP contribution < -0.4 is 16.0 Å². The summed E-state index contributed by atoms with van der Waals surface area (Å²) >= 11 is 0. The number of rotatable bonds is 7. The van der Waals surface area contributed by atoms with E-state index in [-0.39, 0.29) is 17.8 Å². The number of carbonyl (C=O) groups excluding carboxylic acids is 1. The molecule has 3 N–H and O–H groups in total. The van der Waals surface area contributed by atoms with Crippen LogP contribution in [0.4, 0.5) is 21.8 Å². The van der Waals surface area contributed by atoms with Gasteiger partial charge in [-0.25, -0.2) is 14.4 Å². The molecule has 8 heteroatoms. The first kappa shape index (κ1) is 19.2. The van der Waals surface area contributed by atoms with E-state index in [1.165, 1.54) is 12.1 Å². The van der Waals surface area contributed by atoms with Crippen molar-refractivity contribution < 1.29 is 9.18 Å². The molecule has 28 heavy (non-hydrogen) atoms. The van der Waals surface area contributed by atoms with Crippen LogP contribution >= 0.6 is 0 Å². The van der Waals surface area contributed by atoms with Gasteiger partial charge in [0.25, 0.3) is 5.91 Å². The minimum Gasteiger partial charge on any atom is -0.363 e. The monoisotopic (exact) mass is 380 g/mol. The van der Waals surface area contributed by atoms with Crippen molar-refractivity contribution in [1.29, 1.82) is 0 Å². The summed E-state index contributed by atoms with van der Waals surface area (Å²) in [5.74, 6) is 0.984. The van der Waals surface area contributed by atoms with Gasteiger partial charge in [-0.1, -0.05) is 12.1 Å². The number of halogens is 1. The zero-order valence-corrected chi connectivity index (χ0v) is 15.6. The maximum Gasteiger partial charge on any atom is 0.251 e. The predicted molar refractivity (Wildman–Crippen MR) is 106 cm³/mol. The largest absolute Gasteiger partial charge is 0.363 e. The van der Waals surface area contributed by atoms with Crippen molar-refractivity contribution in [3.8, 4) is 0 Å². The van der Waals surface area contributed by atoms with Gasteiger partial charge in [-0.15, -0.1) is 0 Å². The summed E-state index contributed by atoms with van der Waals surface area (Å²) in [6, 6.07) is 9.42. The number of benzene rings is 1. The van der Waals surface area contributed by atoms with E-state index in [1.807, 2.05) is 13.8 Å². The topological polar surface area (TPSA) is 91.8 Å². The Labute approximate surface area is 162 Å². The Morgan fingerprint density at radius 2 is 1.86 bits per heavy atom. The Morgan fingerprint density at radius 1 is 1.11 bits per heavy atom. The number of hydrogen-bond acceptors (Lipinski definition) is 6. The van der Waals surface area contributed by atoms with Gasteiger partial charge in [-0.05, 0) is 43.7 Å². The first-order valence-corrected chi connectivity index (χ1v) is 8.90. The second-order valence-corrected chi connectivity index (χ2v) is 6.12. The van der Waals surface area contributed by atoms with E-state index in [1.54, 1.807) is 42.9 Å². The summed E-state index contributed by atoms with van der Waals surface area (Å²) in [7, 11) is 0. The number of nitrogens with one attached hydrogen (secondary N) is 3. The first-order valence-electron chi connectivity index (χ1n) is 8.90. The van der Waals surface area contributed by atoms with E-state index in [2.05, 4.69) is 30.9 Å². The Kier molecular flexibility index (Phi) is 6.11. The maximum atomic E-state index is 13.2. The molecule has 1 atom stereocenters. The van der Waals surface area contributed by atoms with Gasteiger partial charge in [0.2, 0.25) is 0 Å². The highest BCUT2D eigenvalue weighted by atomic mass is 19.1. The molecule has 0 bridgehead atoms. The van der Waals surface area contributed by atoms with Crippen molar-refractivity contribution in [2.75, 3.05) is 17.2 Å². The Balaban J connectivity index is 1.87. The number of anilines is 3. The molecule has 0 saturated carbocycles. The summed E-state index contributed by atoms with van der Waals surface area (Å²) in [4.78, 5) is 25.0. The molecule has 1 amide bonds. The average molecular weight is 380 g/mol. The molecule has 144 valence electrons. The quantitative estimate of drug-likeness (QED) is 0.579. The van der Waals surface area contributed by atoms with Gasteiger partial charge in [0.1, 0.15) is 23.3 Å². The van der Waals surface area contributed by atoms with Crippen molar-refractivity contribution in [3.63, 3.8) is 0 Å². The molecule has 0 aliphatic rings. The van der Waals surface area contributed by atoms with Gasteiger partial charge in [0, 0.05) is 30.5 Å². The van der Waals surface area contributed by atoms with Crippen LogP contribution in [0, 0.1) is 5.82 Å². The van der Waals surface area contributed by atoms with E-state index in [0.717, 1.165) is 5.56 Å². The van der Waals surface area contributed by atoms with E-state index in [4.69, 9.17) is 0 Å². The molecule has 0 spiro atoms. The molecule has 2 aromatic heterocycles. The predicted octanol–water partition coefficient (Wildman–Crippen LogP) is 3.68. The fourth-order valence-electron chi connectivity index (χ4n) is 2.61. The number of pyridine rings is 1.